The number of aromatic hydroxyl groups is 1. The number of hydroxylamine groups is 2. The summed E-state index contributed by atoms with van der Waals surface area (Å²) in [6.07, 6.45) is 2.34. The molecule has 1 saturated carbocycles. The molecular weight excluding hydrogens is 603 g/mol. The van der Waals surface area contributed by atoms with Crippen molar-refractivity contribution in [1.82, 2.24) is 5.06 Å². The molecular formula is C28H25IN2O7. The number of rotatable bonds is 3. The van der Waals surface area contributed by atoms with Crippen LogP contribution in [0.15, 0.2) is 54.1 Å². The Labute approximate surface area is 232 Å². The summed E-state index contributed by atoms with van der Waals surface area (Å²) < 4.78 is 5.93. The second-order valence-corrected chi connectivity index (χ2v) is 11.7. The highest BCUT2D eigenvalue weighted by Gasteiger charge is 2.67. The summed E-state index contributed by atoms with van der Waals surface area (Å²) in [5.41, 5.74) is 0.733. The number of phenolic OH excluding ortho intramolecular Hbond substituents is 1. The van der Waals surface area contributed by atoms with E-state index in [1.807, 2.05) is 28.7 Å². The van der Waals surface area contributed by atoms with Crippen LogP contribution in [0.2, 0.25) is 0 Å². The number of imide groups is 2. The number of carbonyl (C=O) groups excluding carboxylic acids is 4. The van der Waals surface area contributed by atoms with Crippen LogP contribution in [0.1, 0.15) is 31.2 Å². The van der Waals surface area contributed by atoms with Crippen LogP contribution in [0.25, 0.3) is 0 Å². The monoisotopic (exact) mass is 628 g/mol. The molecule has 4 aliphatic rings. The molecule has 2 saturated heterocycles. The molecule has 0 unspecified atom stereocenters. The van der Waals surface area contributed by atoms with E-state index in [4.69, 9.17) is 4.74 Å². The van der Waals surface area contributed by atoms with Gasteiger partial charge in [0.05, 0.1) is 39.5 Å². The van der Waals surface area contributed by atoms with Crippen molar-refractivity contribution in [2.24, 2.45) is 29.1 Å². The van der Waals surface area contributed by atoms with E-state index in [0.29, 0.717) is 14.8 Å². The summed E-state index contributed by atoms with van der Waals surface area (Å²) in [6.45, 7) is 1.79. The summed E-state index contributed by atoms with van der Waals surface area (Å²) in [7, 11) is 1.44. The van der Waals surface area contributed by atoms with Crippen LogP contribution in [-0.2, 0) is 19.2 Å². The SMILES string of the molecule is COc1cc([C@H]2C3=CC[C@@H]4C(=O)N(O)C(=O)[C@@H]4[C@@H]3C[C@H]3C(=O)N(c4ccccc4)C(=O)[C@@]23C)cc(I)c1O. The molecule has 2 aromatic carbocycles. The molecule has 2 heterocycles. The molecule has 10 heteroatoms. The third-order valence-corrected chi connectivity index (χ3v) is 9.69. The number of para-hydroxylation sites is 1. The van der Waals surface area contributed by atoms with Crippen molar-refractivity contribution in [3.63, 3.8) is 0 Å². The van der Waals surface area contributed by atoms with Gasteiger partial charge in [0.25, 0.3) is 11.8 Å². The number of ether oxygens (including phenoxy) is 1. The van der Waals surface area contributed by atoms with Crippen LogP contribution in [0, 0.1) is 32.7 Å². The molecule has 2 aliphatic carbocycles. The van der Waals surface area contributed by atoms with E-state index in [9.17, 15) is 29.5 Å². The molecule has 9 nitrogen and oxygen atoms in total. The molecule has 38 heavy (non-hydrogen) atoms. The summed E-state index contributed by atoms with van der Waals surface area (Å²) in [5, 5.41) is 20.9. The van der Waals surface area contributed by atoms with Gasteiger partial charge in [0.1, 0.15) is 0 Å². The zero-order valence-corrected chi connectivity index (χ0v) is 22.8. The minimum Gasteiger partial charge on any atom is -0.504 e. The summed E-state index contributed by atoms with van der Waals surface area (Å²) in [4.78, 5) is 55.2. The summed E-state index contributed by atoms with van der Waals surface area (Å²) >= 11 is 1.99. The van der Waals surface area contributed by atoms with Crippen molar-refractivity contribution in [1.29, 1.82) is 0 Å². The Morgan fingerprint density at radius 3 is 2.42 bits per heavy atom. The fourth-order valence-electron chi connectivity index (χ4n) is 7.12. The van der Waals surface area contributed by atoms with E-state index in [1.165, 1.54) is 12.0 Å². The van der Waals surface area contributed by atoms with E-state index in [-0.39, 0.29) is 41.2 Å². The van der Waals surface area contributed by atoms with Gasteiger partial charge in [0, 0.05) is 5.92 Å². The Bertz CT molecular complexity index is 1440. The molecule has 6 rings (SSSR count). The van der Waals surface area contributed by atoms with Gasteiger partial charge in [0.2, 0.25) is 11.8 Å². The van der Waals surface area contributed by atoms with Crippen molar-refractivity contribution in [3.8, 4) is 11.5 Å². The minimum atomic E-state index is -1.20. The number of amides is 4. The number of allylic oxidation sites excluding steroid dienone is 2. The van der Waals surface area contributed by atoms with Crippen LogP contribution in [0.4, 0.5) is 5.69 Å². The first-order chi connectivity index (χ1) is 18.1. The number of carbonyl (C=O) groups is 4. The number of benzene rings is 2. The molecule has 196 valence electrons. The first kappa shape index (κ1) is 25.1. The number of hydrogen-bond acceptors (Lipinski definition) is 7. The van der Waals surface area contributed by atoms with Crippen LogP contribution in [-0.4, -0.2) is 46.1 Å². The second kappa shape index (κ2) is 8.63. The second-order valence-electron chi connectivity index (χ2n) is 10.5. The average molecular weight is 628 g/mol. The molecule has 0 spiro atoms. The van der Waals surface area contributed by atoms with Crippen molar-refractivity contribution < 1.29 is 34.2 Å². The molecule has 0 aromatic heterocycles. The van der Waals surface area contributed by atoms with Crippen LogP contribution in [0.3, 0.4) is 0 Å². The van der Waals surface area contributed by atoms with Gasteiger partial charge in [-0.25, -0.2) is 4.90 Å². The van der Waals surface area contributed by atoms with Gasteiger partial charge in [-0.2, -0.15) is 5.06 Å². The number of halogens is 1. The van der Waals surface area contributed by atoms with E-state index in [2.05, 4.69) is 0 Å². The largest absolute Gasteiger partial charge is 0.504 e. The van der Waals surface area contributed by atoms with Crippen LogP contribution >= 0.6 is 22.6 Å². The lowest BCUT2D eigenvalue weighted by Gasteiger charge is -2.49. The Hall–Kier alpha value is -3.25. The molecule has 2 aliphatic heterocycles. The Balaban J connectivity index is 1.57. The van der Waals surface area contributed by atoms with Crippen LogP contribution < -0.4 is 9.64 Å². The lowest BCUT2D eigenvalue weighted by molar-refractivity contribution is -0.173. The third kappa shape index (κ3) is 3.19. The fourth-order valence-corrected chi connectivity index (χ4v) is 7.74. The minimum absolute atomic E-state index is 0.0316. The van der Waals surface area contributed by atoms with Gasteiger partial charge >= 0.3 is 0 Å². The van der Waals surface area contributed by atoms with E-state index >= 15 is 0 Å². The maximum absolute atomic E-state index is 14.3. The Kier molecular flexibility index (Phi) is 5.69. The van der Waals surface area contributed by atoms with Crippen molar-refractivity contribution in [3.05, 3.63) is 63.2 Å². The topological polar surface area (TPSA) is 124 Å². The fraction of sp³-hybridized carbons (Fsp3) is 0.357. The molecule has 3 fully saturated rings. The molecule has 4 amide bonds. The third-order valence-electron chi connectivity index (χ3n) is 8.87. The zero-order valence-electron chi connectivity index (χ0n) is 20.6. The number of hydrogen-bond donors (Lipinski definition) is 2. The normalized spacial score (nSPS) is 32.2. The smallest absolute Gasteiger partial charge is 0.257 e. The predicted octanol–water partition coefficient (Wildman–Crippen LogP) is 3.63. The lowest BCUT2D eigenvalue weighted by Crippen LogP contribution is -2.48. The Morgan fingerprint density at radius 1 is 1.03 bits per heavy atom. The molecule has 2 aromatic rings. The number of anilines is 1. The predicted molar refractivity (Wildman–Crippen MR) is 142 cm³/mol. The van der Waals surface area contributed by atoms with E-state index in [1.54, 1.807) is 49.4 Å². The highest BCUT2D eigenvalue weighted by atomic mass is 127. The molecule has 0 radical (unpaired) electrons. The zero-order chi connectivity index (χ0) is 27.1. The maximum atomic E-state index is 14.3. The van der Waals surface area contributed by atoms with E-state index in [0.717, 1.165) is 5.57 Å². The Morgan fingerprint density at radius 2 is 1.74 bits per heavy atom. The van der Waals surface area contributed by atoms with Gasteiger partial charge in [-0.1, -0.05) is 29.8 Å². The first-order valence-electron chi connectivity index (χ1n) is 12.4. The van der Waals surface area contributed by atoms with Crippen LogP contribution in [0.5, 0.6) is 11.5 Å². The van der Waals surface area contributed by atoms with E-state index < -0.39 is 46.8 Å². The highest BCUT2D eigenvalue weighted by Crippen LogP contribution is 2.64. The van der Waals surface area contributed by atoms with Gasteiger partial charge in [-0.3, -0.25) is 24.4 Å². The standard InChI is InChI=1S/C28H25IN2O7/c1-28-18(25(34)30(27(28)36)14-6-4-3-5-7-14)12-17-15(8-9-16-21(17)26(35)31(37)24(16)33)22(28)13-10-19(29)23(32)20(11-13)38-2/h3-8,10-11,16-18,21-22,32,37H,9,12H2,1-2H3/t16-,17+,18-,21-,22-,28+/m0/s1. The van der Waals surface area contributed by atoms with Crippen molar-refractivity contribution in [2.45, 2.75) is 25.7 Å². The molecule has 0 bridgehead atoms. The average Bonchev–Trinajstić information content (AvgIpc) is 3.25. The molecule has 2 N–H and O–H groups in total. The van der Waals surface area contributed by atoms with Gasteiger partial charge in [0.15, 0.2) is 11.5 Å². The first-order valence-corrected chi connectivity index (χ1v) is 13.5. The maximum Gasteiger partial charge on any atom is 0.257 e. The number of nitrogens with zero attached hydrogens (tertiary/aromatic N) is 2. The quantitative estimate of drug-likeness (QED) is 0.230. The summed E-state index contributed by atoms with van der Waals surface area (Å²) in [6, 6.07) is 12.2. The number of phenols is 1. The number of fused-ring (bicyclic) bond motifs is 4. The van der Waals surface area contributed by atoms with Crippen molar-refractivity contribution in [2.75, 3.05) is 12.0 Å². The molecule has 6 atom stereocenters. The lowest BCUT2D eigenvalue weighted by atomic mass is 9.51. The highest BCUT2D eigenvalue weighted by molar-refractivity contribution is 14.1. The van der Waals surface area contributed by atoms with Gasteiger partial charge in [-0.15, -0.1) is 0 Å². The van der Waals surface area contributed by atoms with Gasteiger partial charge < -0.3 is 9.84 Å². The van der Waals surface area contributed by atoms with Crippen molar-refractivity contribution >= 4 is 51.9 Å². The number of methoxy groups -OCH3 is 1. The van der Waals surface area contributed by atoms with Gasteiger partial charge in [-0.05, 0) is 78.1 Å². The summed E-state index contributed by atoms with van der Waals surface area (Å²) in [5.74, 6) is -5.25.